The van der Waals surface area contributed by atoms with Crippen LogP contribution in [0.3, 0.4) is 0 Å². The topological polar surface area (TPSA) is 72.9 Å². The maximum absolute atomic E-state index is 12.6. The number of sulfonamides is 1. The first kappa shape index (κ1) is 20.5. The Hall–Kier alpha value is -2.22. The minimum Gasteiger partial charge on any atom is -0.423 e. The normalized spacial score (nSPS) is 16.5. The summed E-state index contributed by atoms with van der Waals surface area (Å²) in [6.07, 6.45) is 1.04. The Morgan fingerprint density at radius 2 is 1.68 bits per heavy atom. The largest absolute Gasteiger partial charge is 0.423 e. The van der Waals surface area contributed by atoms with Gasteiger partial charge in [0.2, 0.25) is 10.0 Å². The van der Waals surface area contributed by atoms with Crippen LogP contribution in [-0.2, 0) is 14.8 Å². The van der Waals surface area contributed by atoms with Crippen LogP contribution >= 0.6 is 0 Å². The highest BCUT2D eigenvalue weighted by atomic mass is 32.2. The van der Waals surface area contributed by atoms with E-state index in [1.165, 1.54) is 34.1 Å². The van der Waals surface area contributed by atoms with Gasteiger partial charge < -0.3 is 9.47 Å². The third-order valence-corrected chi connectivity index (χ3v) is 6.88. The number of carbonyl (C=O) groups is 1. The standard InChI is InChI=1S/C21H25NO5S/c1-3-16(2)17-4-8-19(9-5-17)27-21(23)18-6-10-20(11-7-18)28(24,25)22-12-14-26-15-13-22/h4-11,16H,3,12-15H2,1-2H3/t16-/m1/s1. The Kier molecular flexibility index (Phi) is 6.49. The molecule has 7 heteroatoms. The molecule has 28 heavy (non-hydrogen) atoms. The van der Waals surface area contributed by atoms with Crippen LogP contribution in [0.2, 0.25) is 0 Å². The molecule has 0 spiro atoms. The van der Waals surface area contributed by atoms with E-state index in [0.29, 0.717) is 43.5 Å². The van der Waals surface area contributed by atoms with Crippen molar-refractivity contribution < 1.29 is 22.7 Å². The fraction of sp³-hybridized carbons (Fsp3) is 0.381. The zero-order valence-corrected chi connectivity index (χ0v) is 16.9. The molecule has 2 aromatic rings. The van der Waals surface area contributed by atoms with Crippen molar-refractivity contribution in [2.24, 2.45) is 0 Å². The van der Waals surface area contributed by atoms with Crippen LogP contribution in [0.1, 0.15) is 42.1 Å². The molecule has 0 amide bonds. The summed E-state index contributed by atoms with van der Waals surface area (Å²) in [6, 6.07) is 13.3. The second kappa shape index (κ2) is 8.86. The molecular formula is C21H25NO5S. The summed E-state index contributed by atoms with van der Waals surface area (Å²) in [6.45, 7) is 5.71. The summed E-state index contributed by atoms with van der Waals surface area (Å²) in [7, 11) is -3.58. The lowest BCUT2D eigenvalue weighted by Gasteiger charge is -2.26. The van der Waals surface area contributed by atoms with Gasteiger partial charge in [0.05, 0.1) is 23.7 Å². The molecule has 0 radical (unpaired) electrons. The maximum atomic E-state index is 12.6. The Morgan fingerprint density at radius 1 is 1.07 bits per heavy atom. The van der Waals surface area contributed by atoms with Crippen LogP contribution in [0.15, 0.2) is 53.4 Å². The molecule has 0 bridgehead atoms. The summed E-state index contributed by atoms with van der Waals surface area (Å²) >= 11 is 0. The predicted octanol–water partition coefficient (Wildman–Crippen LogP) is 3.44. The first-order chi connectivity index (χ1) is 13.4. The Balaban J connectivity index is 1.68. The van der Waals surface area contributed by atoms with Gasteiger partial charge >= 0.3 is 5.97 Å². The van der Waals surface area contributed by atoms with Crippen molar-refractivity contribution in [3.05, 3.63) is 59.7 Å². The fourth-order valence-electron chi connectivity index (χ4n) is 2.97. The summed E-state index contributed by atoms with van der Waals surface area (Å²) in [5, 5.41) is 0. The number of nitrogens with zero attached hydrogens (tertiary/aromatic N) is 1. The van der Waals surface area contributed by atoms with Gasteiger partial charge in [-0.25, -0.2) is 13.2 Å². The van der Waals surface area contributed by atoms with Gasteiger partial charge in [0.1, 0.15) is 5.75 Å². The molecule has 1 saturated heterocycles. The minimum absolute atomic E-state index is 0.156. The highest BCUT2D eigenvalue weighted by Crippen LogP contribution is 2.23. The molecule has 1 heterocycles. The van der Waals surface area contributed by atoms with Gasteiger partial charge in [0.15, 0.2) is 0 Å². The smallest absolute Gasteiger partial charge is 0.343 e. The van der Waals surface area contributed by atoms with Gasteiger partial charge in [-0.05, 0) is 54.3 Å². The number of benzene rings is 2. The van der Waals surface area contributed by atoms with E-state index in [2.05, 4.69) is 13.8 Å². The SMILES string of the molecule is CC[C@@H](C)c1ccc(OC(=O)c2ccc(S(=O)(=O)N3CCOCC3)cc2)cc1. The lowest BCUT2D eigenvalue weighted by molar-refractivity contribution is 0.0730. The first-order valence-corrected chi connectivity index (χ1v) is 10.9. The fourth-order valence-corrected chi connectivity index (χ4v) is 4.37. The predicted molar refractivity (Wildman–Crippen MR) is 106 cm³/mol. The monoisotopic (exact) mass is 403 g/mol. The second-order valence-corrected chi connectivity index (χ2v) is 8.75. The van der Waals surface area contributed by atoms with Crippen LogP contribution in [0, 0.1) is 0 Å². The molecule has 2 aromatic carbocycles. The minimum atomic E-state index is -3.58. The number of esters is 1. The Labute approximate surface area is 166 Å². The molecule has 0 aliphatic carbocycles. The second-order valence-electron chi connectivity index (χ2n) is 6.81. The zero-order valence-electron chi connectivity index (χ0n) is 16.1. The number of hydrogen-bond acceptors (Lipinski definition) is 5. The van der Waals surface area contributed by atoms with E-state index in [4.69, 9.17) is 9.47 Å². The Morgan fingerprint density at radius 3 is 2.25 bits per heavy atom. The third kappa shape index (κ3) is 4.60. The van der Waals surface area contributed by atoms with E-state index in [0.717, 1.165) is 6.42 Å². The summed E-state index contributed by atoms with van der Waals surface area (Å²) < 4.78 is 37.2. The molecular weight excluding hydrogens is 378 g/mol. The molecule has 1 aliphatic rings. The number of morpholine rings is 1. The van der Waals surface area contributed by atoms with E-state index < -0.39 is 16.0 Å². The average Bonchev–Trinajstić information content (AvgIpc) is 2.74. The number of carbonyl (C=O) groups excluding carboxylic acids is 1. The van der Waals surface area contributed by atoms with Crippen molar-refractivity contribution in [3.8, 4) is 5.75 Å². The van der Waals surface area contributed by atoms with Crippen molar-refractivity contribution in [2.75, 3.05) is 26.3 Å². The number of rotatable bonds is 6. The molecule has 0 unspecified atom stereocenters. The average molecular weight is 404 g/mol. The molecule has 0 saturated carbocycles. The van der Waals surface area contributed by atoms with Crippen molar-refractivity contribution in [1.82, 2.24) is 4.31 Å². The molecule has 1 fully saturated rings. The van der Waals surface area contributed by atoms with Crippen molar-refractivity contribution in [2.45, 2.75) is 31.1 Å². The molecule has 3 rings (SSSR count). The number of hydrogen-bond donors (Lipinski definition) is 0. The molecule has 0 aromatic heterocycles. The third-order valence-electron chi connectivity index (χ3n) is 4.97. The summed E-state index contributed by atoms with van der Waals surface area (Å²) in [5.41, 5.74) is 1.49. The molecule has 1 aliphatic heterocycles. The molecule has 6 nitrogen and oxygen atoms in total. The van der Waals surface area contributed by atoms with E-state index in [9.17, 15) is 13.2 Å². The quantitative estimate of drug-likeness (QED) is 0.546. The lowest BCUT2D eigenvalue weighted by atomic mass is 9.99. The van der Waals surface area contributed by atoms with Gasteiger partial charge in [0, 0.05) is 13.1 Å². The zero-order chi connectivity index (χ0) is 20.1. The Bertz CT molecular complexity index is 901. The molecule has 150 valence electrons. The first-order valence-electron chi connectivity index (χ1n) is 9.42. The molecule has 0 N–H and O–H groups in total. The summed E-state index contributed by atoms with van der Waals surface area (Å²) in [4.78, 5) is 12.5. The van der Waals surface area contributed by atoms with Crippen LogP contribution in [0.4, 0.5) is 0 Å². The van der Waals surface area contributed by atoms with Crippen LogP contribution in [0.5, 0.6) is 5.75 Å². The maximum Gasteiger partial charge on any atom is 0.343 e. The van der Waals surface area contributed by atoms with Crippen LogP contribution in [0.25, 0.3) is 0 Å². The van der Waals surface area contributed by atoms with Gasteiger partial charge in [-0.1, -0.05) is 26.0 Å². The van der Waals surface area contributed by atoms with Gasteiger partial charge in [-0.15, -0.1) is 0 Å². The highest BCUT2D eigenvalue weighted by Gasteiger charge is 2.26. The van der Waals surface area contributed by atoms with E-state index in [1.54, 1.807) is 12.1 Å². The number of ether oxygens (including phenoxy) is 2. The van der Waals surface area contributed by atoms with E-state index in [1.807, 2.05) is 12.1 Å². The van der Waals surface area contributed by atoms with Crippen molar-refractivity contribution >= 4 is 16.0 Å². The van der Waals surface area contributed by atoms with Gasteiger partial charge in [0.25, 0.3) is 0 Å². The lowest BCUT2D eigenvalue weighted by Crippen LogP contribution is -2.40. The van der Waals surface area contributed by atoms with Gasteiger partial charge in [-0.3, -0.25) is 0 Å². The summed E-state index contributed by atoms with van der Waals surface area (Å²) in [5.74, 6) is 0.388. The van der Waals surface area contributed by atoms with Crippen molar-refractivity contribution in [3.63, 3.8) is 0 Å². The van der Waals surface area contributed by atoms with Crippen molar-refractivity contribution in [1.29, 1.82) is 0 Å². The van der Waals surface area contributed by atoms with E-state index in [-0.39, 0.29) is 4.90 Å². The highest BCUT2D eigenvalue weighted by molar-refractivity contribution is 7.89. The van der Waals surface area contributed by atoms with Crippen LogP contribution < -0.4 is 4.74 Å². The molecule has 1 atom stereocenters. The van der Waals surface area contributed by atoms with Gasteiger partial charge in [-0.2, -0.15) is 4.31 Å². The van der Waals surface area contributed by atoms with E-state index >= 15 is 0 Å². The van der Waals surface area contributed by atoms with Crippen LogP contribution in [-0.4, -0.2) is 45.0 Å².